The van der Waals surface area contributed by atoms with Crippen LogP contribution in [-0.4, -0.2) is 4.86 Å². The molecule has 0 aromatic heterocycles. The van der Waals surface area contributed by atoms with Crippen molar-refractivity contribution in [2.75, 3.05) is 0 Å². The summed E-state index contributed by atoms with van der Waals surface area (Å²) in [5.41, 5.74) is 5.82. The van der Waals surface area contributed by atoms with Crippen LogP contribution >= 0.6 is 12.2 Å². The fraction of sp³-hybridized carbons (Fsp3) is 0.526. The van der Waals surface area contributed by atoms with Gasteiger partial charge in [0, 0.05) is 0 Å². The van der Waals surface area contributed by atoms with Crippen LogP contribution in [0.4, 0.5) is 0 Å². The molecule has 0 radical (unpaired) electrons. The van der Waals surface area contributed by atoms with Crippen LogP contribution in [0.15, 0.2) is 18.2 Å². The van der Waals surface area contributed by atoms with E-state index in [2.05, 4.69) is 50.4 Å². The Morgan fingerprint density at radius 2 is 1.50 bits per heavy atom. The Kier molecular flexibility index (Phi) is 13.9. The van der Waals surface area contributed by atoms with Gasteiger partial charge in [-0.25, -0.2) is 0 Å². The SMILES string of the molecule is CC.CC.CC(C)=S.Cc1ccc2c(c1C)C=CCC2. The van der Waals surface area contributed by atoms with E-state index in [4.69, 9.17) is 0 Å². The Morgan fingerprint density at radius 3 is 2.00 bits per heavy atom. The standard InChI is InChI=1S/C12H14.C3H6S.2C2H6/c1-9-7-8-11-5-3-4-6-12(11)10(9)2;1-3(2)4;2*1-2/h4,6-8H,3,5H2,1-2H3;1-2H3;2*1-2H3. The number of hydrogen-bond acceptors (Lipinski definition) is 1. The van der Waals surface area contributed by atoms with Gasteiger partial charge in [0.25, 0.3) is 0 Å². The summed E-state index contributed by atoms with van der Waals surface area (Å²) in [5, 5.41) is 0. The molecular formula is C19H32S. The third kappa shape index (κ3) is 8.27. The van der Waals surface area contributed by atoms with Gasteiger partial charge in [-0.05, 0) is 67.7 Å². The minimum Gasteiger partial charge on any atom is -0.0903 e. The maximum Gasteiger partial charge on any atom is -0.0133 e. The molecule has 0 N–H and O–H groups in total. The van der Waals surface area contributed by atoms with Crippen molar-refractivity contribution >= 4 is 23.2 Å². The van der Waals surface area contributed by atoms with E-state index in [1.54, 1.807) is 0 Å². The van der Waals surface area contributed by atoms with E-state index in [-0.39, 0.29) is 0 Å². The summed E-state index contributed by atoms with van der Waals surface area (Å²) >= 11 is 4.54. The minimum absolute atomic E-state index is 1.00. The van der Waals surface area contributed by atoms with Gasteiger partial charge in [-0.2, -0.15) is 0 Å². The molecule has 1 aromatic carbocycles. The topological polar surface area (TPSA) is 0 Å². The molecule has 2 rings (SSSR count). The highest BCUT2D eigenvalue weighted by Crippen LogP contribution is 2.24. The second-order valence-corrected chi connectivity index (χ2v) is 5.25. The molecule has 0 saturated carbocycles. The van der Waals surface area contributed by atoms with Crippen molar-refractivity contribution < 1.29 is 0 Å². The highest BCUT2D eigenvalue weighted by atomic mass is 32.1. The molecule has 0 nitrogen and oxygen atoms in total. The number of allylic oxidation sites excluding steroid dienone is 1. The highest BCUT2D eigenvalue weighted by Gasteiger charge is 2.07. The first kappa shape index (κ1) is 21.4. The van der Waals surface area contributed by atoms with E-state index in [0.717, 1.165) is 4.86 Å². The molecule has 20 heavy (non-hydrogen) atoms. The predicted octanol–water partition coefficient (Wildman–Crippen LogP) is 6.71. The quantitative estimate of drug-likeness (QED) is 0.479. The molecular weight excluding hydrogens is 260 g/mol. The van der Waals surface area contributed by atoms with Crippen LogP contribution in [0, 0.1) is 13.8 Å². The van der Waals surface area contributed by atoms with Gasteiger partial charge in [0.15, 0.2) is 0 Å². The molecule has 0 amide bonds. The van der Waals surface area contributed by atoms with E-state index in [1.807, 2.05) is 41.5 Å². The van der Waals surface area contributed by atoms with Crippen LogP contribution in [0.3, 0.4) is 0 Å². The van der Waals surface area contributed by atoms with E-state index in [1.165, 1.54) is 35.1 Å². The molecule has 0 unspecified atom stereocenters. The number of thiocarbonyl (C=S) groups is 1. The van der Waals surface area contributed by atoms with E-state index in [9.17, 15) is 0 Å². The van der Waals surface area contributed by atoms with Crippen LogP contribution in [-0.2, 0) is 6.42 Å². The van der Waals surface area contributed by atoms with Crippen molar-refractivity contribution in [2.45, 2.75) is 68.2 Å². The van der Waals surface area contributed by atoms with Crippen molar-refractivity contribution in [3.05, 3.63) is 40.5 Å². The summed E-state index contributed by atoms with van der Waals surface area (Å²) in [6.07, 6.45) is 6.96. The first-order chi connectivity index (χ1) is 9.52. The number of benzene rings is 1. The van der Waals surface area contributed by atoms with Crippen molar-refractivity contribution in [2.24, 2.45) is 0 Å². The monoisotopic (exact) mass is 292 g/mol. The van der Waals surface area contributed by atoms with Crippen LogP contribution in [0.25, 0.3) is 6.08 Å². The highest BCUT2D eigenvalue weighted by molar-refractivity contribution is 7.80. The van der Waals surface area contributed by atoms with Gasteiger partial charge in [-0.15, -0.1) is 0 Å². The molecule has 0 bridgehead atoms. The van der Waals surface area contributed by atoms with Crippen LogP contribution in [0.1, 0.15) is 70.2 Å². The molecule has 1 heteroatoms. The first-order valence-corrected chi connectivity index (χ1v) is 8.16. The van der Waals surface area contributed by atoms with Gasteiger partial charge in [-0.3, -0.25) is 0 Å². The molecule has 0 atom stereocenters. The second kappa shape index (κ2) is 13.1. The normalized spacial score (nSPS) is 10.6. The third-order valence-corrected chi connectivity index (χ3v) is 2.74. The first-order valence-electron chi connectivity index (χ1n) is 7.75. The predicted molar refractivity (Wildman–Crippen MR) is 99.9 cm³/mol. The zero-order valence-electron chi connectivity index (χ0n) is 14.6. The van der Waals surface area contributed by atoms with E-state index >= 15 is 0 Å². The molecule has 0 heterocycles. The van der Waals surface area contributed by atoms with Gasteiger partial charge < -0.3 is 0 Å². The molecule has 0 aliphatic heterocycles. The molecule has 0 spiro atoms. The molecule has 0 saturated heterocycles. The van der Waals surface area contributed by atoms with Crippen molar-refractivity contribution in [3.8, 4) is 0 Å². The number of fused-ring (bicyclic) bond motifs is 1. The summed E-state index contributed by atoms with van der Waals surface area (Å²) in [7, 11) is 0. The lowest BCUT2D eigenvalue weighted by Gasteiger charge is -2.14. The summed E-state index contributed by atoms with van der Waals surface area (Å²) in [6, 6.07) is 4.49. The van der Waals surface area contributed by atoms with Crippen LogP contribution in [0.2, 0.25) is 0 Å². The van der Waals surface area contributed by atoms with Gasteiger partial charge in [0.05, 0.1) is 0 Å². The molecule has 1 aliphatic rings. The second-order valence-electron chi connectivity index (χ2n) is 4.43. The van der Waals surface area contributed by atoms with Gasteiger partial charge >= 0.3 is 0 Å². The maximum atomic E-state index is 4.54. The zero-order valence-corrected chi connectivity index (χ0v) is 15.4. The number of aryl methyl sites for hydroxylation is 2. The summed E-state index contributed by atoms with van der Waals surface area (Å²) in [6.45, 7) is 16.2. The van der Waals surface area contributed by atoms with Crippen LogP contribution in [0.5, 0.6) is 0 Å². The average Bonchev–Trinajstić information content (AvgIpc) is 2.47. The molecule has 114 valence electrons. The summed E-state index contributed by atoms with van der Waals surface area (Å²) < 4.78 is 0. The van der Waals surface area contributed by atoms with Crippen molar-refractivity contribution in [1.82, 2.24) is 0 Å². The molecule has 1 aromatic rings. The fourth-order valence-corrected chi connectivity index (χ4v) is 1.78. The van der Waals surface area contributed by atoms with E-state index in [0.29, 0.717) is 0 Å². The van der Waals surface area contributed by atoms with Crippen LogP contribution < -0.4 is 0 Å². The van der Waals surface area contributed by atoms with E-state index < -0.39 is 0 Å². The zero-order chi connectivity index (χ0) is 16.1. The lowest BCUT2D eigenvalue weighted by molar-refractivity contribution is 0.978. The Balaban J connectivity index is 0. The lowest BCUT2D eigenvalue weighted by Crippen LogP contribution is -1.97. The third-order valence-electron chi connectivity index (χ3n) is 2.74. The smallest absolute Gasteiger partial charge is 0.0133 e. The number of hydrogen-bond donors (Lipinski definition) is 0. The van der Waals surface area contributed by atoms with Crippen molar-refractivity contribution in [1.29, 1.82) is 0 Å². The van der Waals surface area contributed by atoms with Gasteiger partial charge in [-0.1, -0.05) is 64.2 Å². The fourth-order valence-electron chi connectivity index (χ4n) is 1.78. The Morgan fingerprint density at radius 1 is 1.00 bits per heavy atom. The minimum atomic E-state index is 1.00. The average molecular weight is 293 g/mol. The van der Waals surface area contributed by atoms with Gasteiger partial charge in [0.2, 0.25) is 0 Å². The maximum absolute atomic E-state index is 4.54. The molecule has 1 aliphatic carbocycles. The Bertz CT molecular complexity index is 410. The Labute approximate surface area is 132 Å². The van der Waals surface area contributed by atoms with Crippen molar-refractivity contribution in [3.63, 3.8) is 0 Å². The van der Waals surface area contributed by atoms with Gasteiger partial charge in [0.1, 0.15) is 0 Å². The summed E-state index contributed by atoms with van der Waals surface area (Å²) in [5.74, 6) is 0. The lowest BCUT2D eigenvalue weighted by atomic mass is 9.91. The molecule has 0 fully saturated rings. The summed E-state index contributed by atoms with van der Waals surface area (Å²) in [4.78, 5) is 1.00. The largest absolute Gasteiger partial charge is 0.0903 e. The number of rotatable bonds is 0. The Hall–Kier alpha value is -0.950.